The SMILES string of the molecule is CNc1cc([N+](=O)[O-])cc(-c2cccc3ncccc23)n1. The minimum atomic E-state index is -0.421. The van der Waals surface area contributed by atoms with Gasteiger partial charge in [0.2, 0.25) is 0 Å². The first-order chi connectivity index (χ1) is 10.2. The Morgan fingerprint density at radius 1 is 1.19 bits per heavy atom. The van der Waals surface area contributed by atoms with Crippen molar-refractivity contribution in [1.29, 1.82) is 0 Å². The van der Waals surface area contributed by atoms with Crippen molar-refractivity contribution in [3.63, 3.8) is 0 Å². The molecule has 0 fully saturated rings. The van der Waals surface area contributed by atoms with Crippen molar-refractivity contribution < 1.29 is 4.92 Å². The lowest BCUT2D eigenvalue weighted by Gasteiger charge is -2.07. The summed E-state index contributed by atoms with van der Waals surface area (Å²) in [6.07, 6.45) is 1.71. The zero-order valence-corrected chi connectivity index (χ0v) is 11.3. The summed E-state index contributed by atoms with van der Waals surface area (Å²) in [6, 6.07) is 12.3. The molecule has 1 N–H and O–H groups in total. The molecule has 3 rings (SSSR count). The molecule has 21 heavy (non-hydrogen) atoms. The van der Waals surface area contributed by atoms with Crippen molar-refractivity contribution in [2.45, 2.75) is 0 Å². The number of aromatic nitrogens is 2. The average Bonchev–Trinajstić information content (AvgIpc) is 2.53. The highest BCUT2D eigenvalue weighted by Crippen LogP contribution is 2.30. The van der Waals surface area contributed by atoms with Gasteiger partial charge in [-0.2, -0.15) is 0 Å². The van der Waals surface area contributed by atoms with Crippen LogP contribution in [0.3, 0.4) is 0 Å². The molecule has 2 aromatic heterocycles. The van der Waals surface area contributed by atoms with Crippen molar-refractivity contribution in [1.82, 2.24) is 9.97 Å². The Morgan fingerprint density at radius 2 is 2.05 bits per heavy atom. The molecule has 6 nitrogen and oxygen atoms in total. The number of anilines is 1. The lowest BCUT2D eigenvalue weighted by Crippen LogP contribution is -1.98. The van der Waals surface area contributed by atoms with Gasteiger partial charge >= 0.3 is 0 Å². The van der Waals surface area contributed by atoms with Gasteiger partial charge in [0.1, 0.15) is 5.82 Å². The Kier molecular flexibility index (Phi) is 3.19. The van der Waals surface area contributed by atoms with Crippen molar-refractivity contribution in [3.8, 4) is 11.3 Å². The number of nitro groups is 1. The van der Waals surface area contributed by atoms with E-state index in [0.717, 1.165) is 16.5 Å². The Labute approximate surface area is 120 Å². The predicted octanol–water partition coefficient (Wildman–Crippen LogP) is 3.25. The quantitative estimate of drug-likeness (QED) is 0.588. The maximum Gasteiger partial charge on any atom is 0.275 e. The molecule has 0 saturated carbocycles. The molecule has 3 aromatic rings. The van der Waals surface area contributed by atoms with Gasteiger partial charge in [0, 0.05) is 30.3 Å². The summed E-state index contributed by atoms with van der Waals surface area (Å²) in [7, 11) is 1.68. The fourth-order valence-electron chi connectivity index (χ4n) is 2.21. The second kappa shape index (κ2) is 5.16. The van der Waals surface area contributed by atoms with Gasteiger partial charge in [-0.25, -0.2) is 4.98 Å². The predicted molar refractivity (Wildman–Crippen MR) is 81.2 cm³/mol. The van der Waals surface area contributed by atoms with Crippen LogP contribution in [0.25, 0.3) is 22.2 Å². The molecule has 6 heteroatoms. The third kappa shape index (κ3) is 2.38. The second-order valence-corrected chi connectivity index (χ2v) is 4.48. The Morgan fingerprint density at radius 3 is 2.81 bits per heavy atom. The van der Waals surface area contributed by atoms with Crippen LogP contribution in [-0.2, 0) is 0 Å². The van der Waals surface area contributed by atoms with E-state index in [1.165, 1.54) is 12.1 Å². The normalized spacial score (nSPS) is 10.5. The van der Waals surface area contributed by atoms with Gasteiger partial charge in [-0.05, 0) is 12.1 Å². The van der Waals surface area contributed by atoms with E-state index in [2.05, 4.69) is 15.3 Å². The number of fused-ring (bicyclic) bond motifs is 1. The van der Waals surface area contributed by atoms with Crippen molar-refractivity contribution >= 4 is 22.4 Å². The monoisotopic (exact) mass is 280 g/mol. The zero-order chi connectivity index (χ0) is 14.8. The summed E-state index contributed by atoms with van der Waals surface area (Å²) in [5.74, 6) is 0.458. The molecule has 0 aliphatic carbocycles. The molecule has 0 amide bonds. The van der Waals surface area contributed by atoms with Crippen LogP contribution in [-0.4, -0.2) is 21.9 Å². The Bertz CT molecular complexity index is 828. The molecular weight excluding hydrogens is 268 g/mol. The molecular formula is C15H12N4O2. The van der Waals surface area contributed by atoms with Crippen LogP contribution in [0.1, 0.15) is 0 Å². The van der Waals surface area contributed by atoms with Gasteiger partial charge in [0.05, 0.1) is 22.2 Å². The van der Waals surface area contributed by atoms with Gasteiger partial charge in [-0.1, -0.05) is 18.2 Å². The van der Waals surface area contributed by atoms with Gasteiger partial charge in [0.15, 0.2) is 0 Å². The third-order valence-corrected chi connectivity index (χ3v) is 3.20. The number of hydrogen-bond acceptors (Lipinski definition) is 5. The minimum Gasteiger partial charge on any atom is -0.373 e. The van der Waals surface area contributed by atoms with Crippen LogP contribution in [0, 0.1) is 10.1 Å². The Hall–Kier alpha value is -3.02. The first kappa shape index (κ1) is 13.0. The lowest BCUT2D eigenvalue weighted by molar-refractivity contribution is -0.384. The van der Waals surface area contributed by atoms with Gasteiger partial charge < -0.3 is 5.32 Å². The molecule has 0 spiro atoms. The highest BCUT2D eigenvalue weighted by atomic mass is 16.6. The number of benzene rings is 1. The van der Waals surface area contributed by atoms with Crippen LogP contribution >= 0.6 is 0 Å². The van der Waals surface area contributed by atoms with Crippen molar-refractivity contribution in [3.05, 3.63) is 58.8 Å². The first-order valence-corrected chi connectivity index (χ1v) is 6.37. The van der Waals surface area contributed by atoms with E-state index >= 15 is 0 Å². The minimum absolute atomic E-state index is 0.00485. The fraction of sp³-hybridized carbons (Fsp3) is 0.0667. The summed E-state index contributed by atoms with van der Waals surface area (Å²) >= 11 is 0. The first-order valence-electron chi connectivity index (χ1n) is 6.37. The molecule has 0 bridgehead atoms. The summed E-state index contributed by atoms with van der Waals surface area (Å²) in [6.45, 7) is 0. The summed E-state index contributed by atoms with van der Waals surface area (Å²) < 4.78 is 0. The van der Waals surface area contributed by atoms with E-state index in [1.807, 2.05) is 30.3 Å². The largest absolute Gasteiger partial charge is 0.373 e. The number of nitrogens with zero attached hydrogens (tertiary/aromatic N) is 3. The molecule has 1 aromatic carbocycles. The summed E-state index contributed by atoms with van der Waals surface area (Å²) in [5, 5.41) is 14.8. The number of hydrogen-bond donors (Lipinski definition) is 1. The molecule has 0 aliphatic rings. The number of pyridine rings is 2. The summed E-state index contributed by atoms with van der Waals surface area (Å²) in [4.78, 5) is 19.3. The highest BCUT2D eigenvalue weighted by Gasteiger charge is 2.13. The van der Waals surface area contributed by atoms with Crippen LogP contribution in [0.2, 0.25) is 0 Å². The topological polar surface area (TPSA) is 81.0 Å². The van der Waals surface area contributed by atoms with E-state index in [4.69, 9.17) is 0 Å². The standard InChI is InChI=1S/C15H12N4O2/c1-16-15-9-10(19(20)21)8-14(18-15)12-4-2-6-13-11(12)5-3-7-17-13/h2-9H,1H3,(H,16,18). The third-order valence-electron chi connectivity index (χ3n) is 3.20. The van der Waals surface area contributed by atoms with Crippen LogP contribution in [0.4, 0.5) is 11.5 Å². The maximum atomic E-state index is 11.1. The molecule has 0 aliphatic heterocycles. The Balaban J connectivity index is 2.27. The van der Waals surface area contributed by atoms with Gasteiger partial charge in [-0.3, -0.25) is 15.1 Å². The number of rotatable bonds is 3. The number of nitrogens with one attached hydrogen (secondary N) is 1. The molecule has 0 atom stereocenters. The second-order valence-electron chi connectivity index (χ2n) is 4.48. The smallest absolute Gasteiger partial charge is 0.275 e. The molecule has 0 unspecified atom stereocenters. The lowest BCUT2D eigenvalue weighted by atomic mass is 10.0. The van der Waals surface area contributed by atoms with Gasteiger partial charge in [-0.15, -0.1) is 0 Å². The van der Waals surface area contributed by atoms with E-state index < -0.39 is 4.92 Å². The van der Waals surface area contributed by atoms with E-state index in [1.54, 1.807) is 13.2 Å². The van der Waals surface area contributed by atoms with Gasteiger partial charge in [0.25, 0.3) is 5.69 Å². The molecule has 0 radical (unpaired) electrons. The van der Waals surface area contributed by atoms with E-state index in [-0.39, 0.29) is 5.69 Å². The van der Waals surface area contributed by atoms with E-state index in [0.29, 0.717) is 11.5 Å². The molecule has 2 heterocycles. The van der Waals surface area contributed by atoms with Crippen LogP contribution < -0.4 is 5.32 Å². The molecule has 0 saturated heterocycles. The van der Waals surface area contributed by atoms with Crippen molar-refractivity contribution in [2.75, 3.05) is 12.4 Å². The maximum absolute atomic E-state index is 11.1. The highest BCUT2D eigenvalue weighted by molar-refractivity contribution is 5.94. The van der Waals surface area contributed by atoms with Crippen molar-refractivity contribution in [2.24, 2.45) is 0 Å². The summed E-state index contributed by atoms with van der Waals surface area (Å²) in [5.41, 5.74) is 2.20. The van der Waals surface area contributed by atoms with Crippen LogP contribution in [0.15, 0.2) is 48.7 Å². The zero-order valence-electron chi connectivity index (χ0n) is 11.3. The average molecular weight is 280 g/mol. The van der Waals surface area contributed by atoms with E-state index in [9.17, 15) is 10.1 Å². The van der Waals surface area contributed by atoms with Crippen LogP contribution in [0.5, 0.6) is 0 Å². The molecule has 104 valence electrons. The fourth-order valence-corrected chi connectivity index (χ4v) is 2.21.